The average Bonchev–Trinajstić information content (AvgIpc) is 3.22. The van der Waals surface area contributed by atoms with Crippen LogP contribution in [0.4, 0.5) is 5.88 Å². The fourth-order valence-electron chi connectivity index (χ4n) is 3.26. The number of rotatable bonds is 6. The summed E-state index contributed by atoms with van der Waals surface area (Å²) in [6.07, 6.45) is 3.36. The molecule has 31 heavy (non-hydrogen) atoms. The Bertz CT molecular complexity index is 1190. The van der Waals surface area contributed by atoms with Crippen molar-refractivity contribution in [3.63, 3.8) is 0 Å². The lowest BCUT2D eigenvalue weighted by molar-refractivity contribution is -0.117. The van der Waals surface area contributed by atoms with Crippen molar-refractivity contribution in [2.45, 2.75) is 12.8 Å². The minimum absolute atomic E-state index is 0.227. The summed E-state index contributed by atoms with van der Waals surface area (Å²) in [5, 5.41) is 7.71. The van der Waals surface area contributed by atoms with Gasteiger partial charge in [0, 0.05) is 23.0 Å². The minimum atomic E-state index is -0.432. The van der Waals surface area contributed by atoms with Gasteiger partial charge in [-0.05, 0) is 66.6 Å². The van der Waals surface area contributed by atoms with E-state index in [4.69, 9.17) is 20.9 Å². The molecule has 2 aromatic heterocycles. The first kappa shape index (κ1) is 20.6. The number of methoxy groups -OCH3 is 1. The molecule has 1 atom stereocenters. The van der Waals surface area contributed by atoms with Crippen LogP contribution >= 0.6 is 11.6 Å². The van der Waals surface area contributed by atoms with Crippen LogP contribution in [0.3, 0.4) is 0 Å². The third-order valence-corrected chi connectivity index (χ3v) is 5.24. The van der Waals surface area contributed by atoms with Gasteiger partial charge < -0.3 is 9.26 Å². The Balaban J connectivity index is 1.70. The molecule has 1 unspecified atom stereocenters. The van der Waals surface area contributed by atoms with Crippen LogP contribution in [0.15, 0.2) is 77.6 Å². The number of hydrogen-bond acceptors (Lipinski definition) is 5. The standard InChI is InChI=1S/C24H20ClN3O3/c1-15(18-4-3-5-19(25)14-18)23(29)27-24-21(16-10-12-26-13-11-16)22(28-31-24)17-6-8-20(30-2)9-7-17/h3-15H,1-2H3,(H,27,29). The van der Waals surface area contributed by atoms with Gasteiger partial charge in [0.1, 0.15) is 11.4 Å². The van der Waals surface area contributed by atoms with E-state index < -0.39 is 5.92 Å². The summed E-state index contributed by atoms with van der Waals surface area (Å²) in [5.41, 5.74) is 3.76. The Labute approximate surface area is 184 Å². The van der Waals surface area contributed by atoms with Crippen LogP contribution in [-0.4, -0.2) is 23.2 Å². The summed E-state index contributed by atoms with van der Waals surface area (Å²) in [4.78, 5) is 17.0. The molecule has 6 nitrogen and oxygen atoms in total. The summed E-state index contributed by atoms with van der Waals surface area (Å²) >= 11 is 6.08. The zero-order valence-electron chi connectivity index (χ0n) is 17.0. The topological polar surface area (TPSA) is 77.3 Å². The number of nitrogens with one attached hydrogen (secondary N) is 1. The quantitative estimate of drug-likeness (QED) is 0.415. The van der Waals surface area contributed by atoms with Crippen LogP contribution in [-0.2, 0) is 4.79 Å². The molecule has 0 fully saturated rings. The van der Waals surface area contributed by atoms with Gasteiger partial charge in [-0.15, -0.1) is 0 Å². The fraction of sp³-hybridized carbons (Fsp3) is 0.125. The van der Waals surface area contributed by atoms with Gasteiger partial charge in [0.25, 0.3) is 0 Å². The molecule has 156 valence electrons. The van der Waals surface area contributed by atoms with Crippen molar-refractivity contribution >= 4 is 23.4 Å². The molecule has 2 heterocycles. The second-order valence-electron chi connectivity index (χ2n) is 6.97. The van der Waals surface area contributed by atoms with Gasteiger partial charge >= 0.3 is 0 Å². The Hall–Kier alpha value is -3.64. The van der Waals surface area contributed by atoms with Crippen LogP contribution in [0, 0.1) is 0 Å². The molecule has 0 aliphatic carbocycles. The van der Waals surface area contributed by atoms with Gasteiger partial charge in [-0.3, -0.25) is 15.1 Å². The molecule has 2 aromatic carbocycles. The summed E-state index contributed by atoms with van der Waals surface area (Å²) in [6.45, 7) is 1.81. The van der Waals surface area contributed by atoms with Crippen molar-refractivity contribution < 1.29 is 14.1 Å². The normalized spacial score (nSPS) is 11.7. The predicted molar refractivity (Wildman–Crippen MR) is 120 cm³/mol. The van der Waals surface area contributed by atoms with Crippen molar-refractivity contribution in [1.29, 1.82) is 0 Å². The van der Waals surface area contributed by atoms with Crippen molar-refractivity contribution in [3.05, 3.63) is 83.6 Å². The van der Waals surface area contributed by atoms with Crippen molar-refractivity contribution in [2.75, 3.05) is 12.4 Å². The lowest BCUT2D eigenvalue weighted by Crippen LogP contribution is -2.19. The highest BCUT2D eigenvalue weighted by Gasteiger charge is 2.24. The molecule has 0 aliphatic rings. The first-order valence-electron chi connectivity index (χ1n) is 9.67. The van der Waals surface area contributed by atoms with E-state index in [0.717, 1.165) is 22.4 Å². The van der Waals surface area contributed by atoms with Gasteiger partial charge in [-0.25, -0.2) is 0 Å². The smallest absolute Gasteiger partial charge is 0.239 e. The minimum Gasteiger partial charge on any atom is -0.497 e. The Morgan fingerprint density at radius 1 is 1.06 bits per heavy atom. The predicted octanol–water partition coefficient (Wildman–Crippen LogP) is 5.81. The van der Waals surface area contributed by atoms with Crippen LogP contribution in [0.5, 0.6) is 5.75 Å². The molecule has 0 aliphatic heterocycles. The third-order valence-electron chi connectivity index (χ3n) is 5.00. The molecule has 1 N–H and O–H groups in total. The molecule has 0 bridgehead atoms. The summed E-state index contributed by atoms with van der Waals surface area (Å²) < 4.78 is 10.8. The molecule has 4 rings (SSSR count). The van der Waals surface area contributed by atoms with E-state index in [1.807, 2.05) is 55.5 Å². The monoisotopic (exact) mass is 433 g/mol. The van der Waals surface area contributed by atoms with Crippen LogP contribution in [0.2, 0.25) is 5.02 Å². The molecule has 0 spiro atoms. The number of amides is 1. The van der Waals surface area contributed by atoms with Gasteiger partial charge in [0.2, 0.25) is 11.8 Å². The van der Waals surface area contributed by atoms with Crippen LogP contribution < -0.4 is 10.1 Å². The molecular formula is C24H20ClN3O3. The molecule has 7 heteroatoms. The fourth-order valence-corrected chi connectivity index (χ4v) is 3.45. The average molecular weight is 434 g/mol. The SMILES string of the molecule is COc1ccc(-c2noc(NC(=O)C(C)c3cccc(Cl)c3)c2-c2ccncc2)cc1. The lowest BCUT2D eigenvalue weighted by atomic mass is 9.99. The molecular weight excluding hydrogens is 414 g/mol. The first-order valence-corrected chi connectivity index (χ1v) is 10.1. The highest BCUT2D eigenvalue weighted by atomic mass is 35.5. The number of carbonyl (C=O) groups excluding carboxylic acids is 1. The van der Waals surface area contributed by atoms with Gasteiger partial charge in [-0.2, -0.15) is 0 Å². The second-order valence-corrected chi connectivity index (χ2v) is 7.40. The molecule has 0 saturated heterocycles. The number of aromatic nitrogens is 2. The van der Waals surface area contributed by atoms with Crippen LogP contribution in [0.25, 0.3) is 22.4 Å². The van der Waals surface area contributed by atoms with Gasteiger partial charge in [-0.1, -0.05) is 28.9 Å². The second kappa shape index (κ2) is 9.02. The van der Waals surface area contributed by atoms with E-state index in [1.165, 1.54) is 0 Å². The number of anilines is 1. The first-order chi connectivity index (χ1) is 15.1. The number of ether oxygens (including phenoxy) is 1. The number of carbonyl (C=O) groups is 1. The van der Waals surface area contributed by atoms with Gasteiger partial charge in [0.15, 0.2) is 0 Å². The number of pyridine rings is 1. The highest BCUT2D eigenvalue weighted by molar-refractivity contribution is 6.30. The Morgan fingerprint density at radius 3 is 2.48 bits per heavy atom. The molecule has 0 saturated carbocycles. The Kier molecular flexibility index (Phi) is 6.00. The van der Waals surface area contributed by atoms with E-state index >= 15 is 0 Å². The number of hydrogen-bond donors (Lipinski definition) is 1. The Morgan fingerprint density at radius 2 is 1.81 bits per heavy atom. The number of halogens is 1. The lowest BCUT2D eigenvalue weighted by Gasteiger charge is -2.12. The molecule has 4 aromatic rings. The number of nitrogens with zero attached hydrogens (tertiary/aromatic N) is 2. The highest BCUT2D eigenvalue weighted by Crippen LogP contribution is 2.38. The maximum atomic E-state index is 13.0. The molecule has 1 amide bonds. The van der Waals surface area contributed by atoms with Crippen LogP contribution in [0.1, 0.15) is 18.4 Å². The van der Waals surface area contributed by atoms with E-state index in [0.29, 0.717) is 16.3 Å². The van der Waals surface area contributed by atoms with E-state index in [-0.39, 0.29) is 11.8 Å². The maximum Gasteiger partial charge on any atom is 0.239 e. The van der Waals surface area contributed by atoms with Crippen molar-refractivity contribution in [1.82, 2.24) is 10.1 Å². The van der Waals surface area contributed by atoms with Crippen molar-refractivity contribution in [2.24, 2.45) is 0 Å². The van der Waals surface area contributed by atoms with Gasteiger partial charge in [0.05, 0.1) is 18.6 Å². The largest absolute Gasteiger partial charge is 0.497 e. The third kappa shape index (κ3) is 4.44. The summed E-state index contributed by atoms with van der Waals surface area (Å²) in [7, 11) is 1.61. The van der Waals surface area contributed by atoms with E-state index in [9.17, 15) is 4.79 Å². The number of benzene rings is 2. The maximum absolute atomic E-state index is 13.0. The van der Waals surface area contributed by atoms with E-state index in [1.54, 1.807) is 31.6 Å². The zero-order chi connectivity index (χ0) is 21.8. The van der Waals surface area contributed by atoms with E-state index in [2.05, 4.69) is 15.5 Å². The summed E-state index contributed by atoms with van der Waals surface area (Å²) in [5.74, 6) is 0.353. The summed E-state index contributed by atoms with van der Waals surface area (Å²) in [6, 6.07) is 18.4. The molecule has 0 radical (unpaired) electrons. The zero-order valence-corrected chi connectivity index (χ0v) is 17.8. The van der Waals surface area contributed by atoms with Crippen molar-refractivity contribution in [3.8, 4) is 28.1 Å².